The molecule has 0 bridgehead atoms. The van der Waals surface area contributed by atoms with Crippen LogP contribution >= 0.6 is 0 Å². The lowest BCUT2D eigenvalue weighted by atomic mass is 10.1. The molecule has 0 aliphatic carbocycles. The number of rotatable bonds is 5. The molecule has 188 valence electrons. The quantitative estimate of drug-likeness (QED) is 0.199. The van der Waals surface area contributed by atoms with Crippen molar-refractivity contribution >= 4 is 50.6 Å². The average Bonchev–Trinajstić information content (AvgIpc) is 3.37. The summed E-state index contributed by atoms with van der Waals surface area (Å²) in [4.78, 5) is 0. The molecule has 6 aromatic carbocycles. The van der Waals surface area contributed by atoms with Crippen LogP contribution in [0.5, 0.6) is 0 Å². The Labute approximate surface area is 235 Å². The van der Waals surface area contributed by atoms with Crippen LogP contribution in [0.1, 0.15) is 5.56 Å². The summed E-state index contributed by atoms with van der Waals surface area (Å²) in [6.07, 6.45) is 0. The number of hydrogen-bond acceptors (Lipinski definition) is 1. The minimum absolute atomic E-state index is 0.730. The van der Waals surface area contributed by atoms with Crippen LogP contribution in [-0.2, 0) is 0 Å². The van der Waals surface area contributed by atoms with Crippen molar-refractivity contribution in [1.82, 2.24) is 4.57 Å². The molecular formula is C37H26N2Si. The van der Waals surface area contributed by atoms with Gasteiger partial charge in [-0.15, -0.1) is 0 Å². The van der Waals surface area contributed by atoms with E-state index in [9.17, 15) is 5.26 Å². The minimum atomic E-state index is -2.87. The first kappa shape index (κ1) is 23.9. The maximum Gasteiger partial charge on any atom is 0.180 e. The van der Waals surface area contributed by atoms with Crippen molar-refractivity contribution < 1.29 is 0 Å². The molecule has 1 heterocycles. The molecule has 0 N–H and O–H groups in total. The monoisotopic (exact) mass is 526 g/mol. The number of fused-ring (bicyclic) bond motifs is 3. The highest BCUT2D eigenvalue weighted by atomic mass is 28.3. The highest BCUT2D eigenvalue weighted by Crippen LogP contribution is 2.32. The Kier molecular flexibility index (Phi) is 5.89. The van der Waals surface area contributed by atoms with E-state index in [1.807, 2.05) is 12.1 Å². The SMILES string of the molecule is N#Cc1ccccc1[Si](c1ccccc1)(c1ccccc1)c1ccc2c(c1)c1ccccc1n2-c1ccccc1. The van der Waals surface area contributed by atoms with Crippen LogP contribution in [0.25, 0.3) is 27.5 Å². The highest BCUT2D eigenvalue weighted by Gasteiger charge is 2.43. The summed E-state index contributed by atoms with van der Waals surface area (Å²) in [5.41, 5.74) is 4.23. The Morgan fingerprint density at radius 2 is 1.02 bits per heavy atom. The topological polar surface area (TPSA) is 28.7 Å². The number of hydrogen-bond donors (Lipinski definition) is 0. The predicted octanol–water partition coefficient (Wildman–Crippen LogP) is 6.03. The molecule has 0 aliphatic rings. The summed E-state index contributed by atoms with van der Waals surface area (Å²) in [5.74, 6) is 0. The smallest absolute Gasteiger partial charge is 0.180 e. The zero-order valence-corrected chi connectivity index (χ0v) is 22.9. The van der Waals surface area contributed by atoms with E-state index in [0.29, 0.717) is 0 Å². The van der Waals surface area contributed by atoms with Gasteiger partial charge in [0.25, 0.3) is 0 Å². The molecule has 0 fully saturated rings. The third kappa shape index (κ3) is 3.62. The molecule has 2 nitrogen and oxygen atoms in total. The lowest BCUT2D eigenvalue weighted by Crippen LogP contribution is -2.75. The first-order chi connectivity index (χ1) is 19.8. The fourth-order valence-electron chi connectivity index (χ4n) is 6.31. The van der Waals surface area contributed by atoms with Crippen molar-refractivity contribution in [3.8, 4) is 11.8 Å². The van der Waals surface area contributed by atoms with E-state index in [2.05, 4.69) is 156 Å². The van der Waals surface area contributed by atoms with Crippen LogP contribution in [0.2, 0.25) is 0 Å². The molecule has 7 rings (SSSR count). The molecule has 0 unspecified atom stereocenters. The standard InChI is InChI=1S/C37H26N2Si/c38-27-28-14-10-13-23-37(28)40(30-17-6-2-7-18-30,31-19-8-3-9-20-31)32-24-25-36-34(26-32)33-21-11-12-22-35(33)39(36)29-15-4-1-5-16-29/h1-26H. The van der Waals surface area contributed by atoms with E-state index < -0.39 is 8.07 Å². The molecule has 0 amide bonds. The van der Waals surface area contributed by atoms with Gasteiger partial charge in [0.15, 0.2) is 8.07 Å². The molecule has 7 aromatic rings. The zero-order valence-electron chi connectivity index (χ0n) is 21.9. The van der Waals surface area contributed by atoms with Crippen LogP contribution in [0.4, 0.5) is 0 Å². The summed E-state index contributed by atoms with van der Waals surface area (Å²) >= 11 is 0. The van der Waals surface area contributed by atoms with Gasteiger partial charge >= 0.3 is 0 Å². The molecular weight excluding hydrogens is 501 g/mol. The van der Waals surface area contributed by atoms with Crippen molar-refractivity contribution in [3.63, 3.8) is 0 Å². The Morgan fingerprint density at radius 1 is 0.475 bits per heavy atom. The largest absolute Gasteiger partial charge is 0.309 e. The first-order valence-electron chi connectivity index (χ1n) is 13.5. The number of benzene rings is 6. The predicted molar refractivity (Wildman–Crippen MR) is 169 cm³/mol. The average molecular weight is 527 g/mol. The van der Waals surface area contributed by atoms with Gasteiger partial charge in [0.2, 0.25) is 0 Å². The Hall–Kier alpha value is -5.17. The number of para-hydroxylation sites is 2. The summed E-state index contributed by atoms with van der Waals surface area (Å²) in [6.45, 7) is 0. The molecule has 0 atom stereocenters. The first-order valence-corrected chi connectivity index (χ1v) is 15.5. The lowest BCUT2D eigenvalue weighted by molar-refractivity contribution is 1.18. The van der Waals surface area contributed by atoms with Gasteiger partial charge in [-0.1, -0.05) is 127 Å². The van der Waals surface area contributed by atoms with E-state index in [0.717, 1.165) is 16.4 Å². The van der Waals surface area contributed by atoms with Gasteiger partial charge in [-0.25, -0.2) is 0 Å². The van der Waals surface area contributed by atoms with Crippen LogP contribution in [0.15, 0.2) is 158 Å². The van der Waals surface area contributed by atoms with Crippen LogP contribution in [-0.4, -0.2) is 12.6 Å². The van der Waals surface area contributed by atoms with E-state index >= 15 is 0 Å². The second-order valence-corrected chi connectivity index (χ2v) is 13.8. The van der Waals surface area contributed by atoms with Crippen LogP contribution < -0.4 is 20.7 Å². The number of aromatic nitrogens is 1. The molecule has 3 heteroatoms. The Bertz CT molecular complexity index is 1960. The number of nitrogens with zero attached hydrogens (tertiary/aromatic N) is 2. The molecule has 40 heavy (non-hydrogen) atoms. The summed E-state index contributed by atoms with van der Waals surface area (Å²) in [6, 6.07) is 58.5. The summed E-state index contributed by atoms with van der Waals surface area (Å²) < 4.78 is 2.35. The maximum absolute atomic E-state index is 10.3. The van der Waals surface area contributed by atoms with Crippen LogP contribution in [0.3, 0.4) is 0 Å². The van der Waals surface area contributed by atoms with Gasteiger partial charge in [0.1, 0.15) is 0 Å². The normalized spacial score (nSPS) is 11.5. The van der Waals surface area contributed by atoms with E-state index in [4.69, 9.17) is 0 Å². The lowest BCUT2D eigenvalue weighted by Gasteiger charge is -2.35. The molecule has 0 saturated carbocycles. The van der Waals surface area contributed by atoms with Crippen molar-refractivity contribution in [2.24, 2.45) is 0 Å². The van der Waals surface area contributed by atoms with Crippen molar-refractivity contribution in [2.45, 2.75) is 0 Å². The summed E-state index contributed by atoms with van der Waals surface area (Å²) in [5, 5.41) is 17.7. The van der Waals surface area contributed by atoms with Crippen LogP contribution in [0, 0.1) is 11.3 Å². The fraction of sp³-hybridized carbons (Fsp3) is 0. The van der Waals surface area contributed by atoms with Crippen molar-refractivity contribution in [1.29, 1.82) is 5.26 Å². The van der Waals surface area contributed by atoms with E-state index in [-0.39, 0.29) is 0 Å². The Morgan fingerprint density at radius 3 is 1.70 bits per heavy atom. The van der Waals surface area contributed by atoms with Crippen molar-refractivity contribution in [2.75, 3.05) is 0 Å². The van der Waals surface area contributed by atoms with Gasteiger partial charge in [0, 0.05) is 16.5 Å². The third-order valence-electron chi connectivity index (χ3n) is 7.99. The molecule has 0 aliphatic heterocycles. The maximum atomic E-state index is 10.3. The van der Waals surface area contributed by atoms with E-state index in [1.165, 1.54) is 37.4 Å². The van der Waals surface area contributed by atoms with E-state index in [1.54, 1.807) is 0 Å². The third-order valence-corrected chi connectivity index (χ3v) is 12.8. The number of nitriles is 1. The van der Waals surface area contributed by atoms with Gasteiger partial charge in [-0.2, -0.15) is 5.26 Å². The van der Waals surface area contributed by atoms with Gasteiger partial charge in [-0.05, 0) is 51.1 Å². The summed E-state index contributed by atoms with van der Waals surface area (Å²) in [7, 11) is -2.87. The fourth-order valence-corrected chi connectivity index (χ4v) is 11.2. The second kappa shape index (κ2) is 9.85. The molecule has 1 aromatic heterocycles. The van der Waals surface area contributed by atoms with Gasteiger partial charge in [-0.3, -0.25) is 0 Å². The molecule has 0 spiro atoms. The van der Waals surface area contributed by atoms with Gasteiger partial charge < -0.3 is 4.57 Å². The van der Waals surface area contributed by atoms with Crippen molar-refractivity contribution in [3.05, 3.63) is 163 Å². The molecule has 0 saturated heterocycles. The highest BCUT2D eigenvalue weighted by molar-refractivity contribution is 7.20. The van der Waals surface area contributed by atoms with Gasteiger partial charge in [0.05, 0.1) is 22.7 Å². The second-order valence-electron chi connectivity index (χ2n) is 10.1. The minimum Gasteiger partial charge on any atom is -0.309 e. The Balaban J connectivity index is 1.64. The zero-order chi connectivity index (χ0) is 26.9. The molecule has 0 radical (unpaired) electrons.